The van der Waals surface area contributed by atoms with Crippen LogP contribution in [0.15, 0.2) is 0 Å². The van der Waals surface area contributed by atoms with E-state index in [1.165, 1.54) is 0 Å². The molecule has 7 aliphatic rings. The zero-order valence-corrected chi connectivity index (χ0v) is 31.4. The summed E-state index contributed by atoms with van der Waals surface area (Å²) in [6.45, 7) is 14.4. The van der Waals surface area contributed by atoms with E-state index in [1.54, 1.807) is 0 Å². The molecule has 4 unspecified atom stereocenters. The van der Waals surface area contributed by atoms with Gasteiger partial charge in [0.05, 0.1) is 30.5 Å². The molecule has 11 nitrogen and oxygen atoms in total. The second-order valence-corrected chi connectivity index (χ2v) is 20.0. The minimum atomic E-state index is -4.42. The van der Waals surface area contributed by atoms with Crippen molar-refractivity contribution in [3.05, 3.63) is 0 Å². The molecule has 0 aromatic heterocycles. The molecule has 0 radical (unpaired) electrons. The Balaban J connectivity index is 0.940. The Morgan fingerprint density at radius 1 is 0.939 bits per heavy atom. The van der Waals surface area contributed by atoms with Crippen molar-refractivity contribution in [2.45, 2.75) is 161 Å². The molecule has 12 heteroatoms. The van der Waals surface area contributed by atoms with Crippen LogP contribution in [0.3, 0.4) is 0 Å². The summed E-state index contributed by atoms with van der Waals surface area (Å²) in [5.41, 5.74) is -0.328. The zero-order chi connectivity index (χ0) is 35.4. The number of carbonyl (C=O) groups excluding carboxylic acids is 1. The molecule has 49 heavy (non-hydrogen) atoms. The fourth-order valence-corrected chi connectivity index (χ4v) is 13.4. The third-order valence-electron chi connectivity index (χ3n) is 14.7. The van der Waals surface area contributed by atoms with Crippen LogP contribution in [-0.2, 0) is 38.2 Å². The molecule has 7 rings (SSSR count). The maximum Gasteiger partial charge on any atom is 0.362 e. The molecule has 0 aromatic rings. The highest BCUT2D eigenvalue weighted by molar-refractivity contribution is 7.85. The van der Waals surface area contributed by atoms with Gasteiger partial charge in [-0.05, 0) is 138 Å². The molecule has 3 heterocycles. The molecule has 14 atom stereocenters. The van der Waals surface area contributed by atoms with Gasteiger partial charge in [0.25, 0.3) is 0 Å². The predicted molar refractivity (Wildman–Crippen MR) is 180 cm³/mol. The number of hydrogen-bond acceptors (Lipinski definition) is 10. The average molecular weight is 712 g/mol. The van der Waals surface area contributed by atoms with Gasteiger partial charge in [-0.2, -0.15) is 8.42 Å². The van der Waals surface area contributed by atoms with E-state index in [9.17, 15) is 23.4 Å². The van der Waals surface area contributed by atoms with Crippen molar-refractivity contribution in [1.82, 2.24) is 4.72 Å². The van der Waals surface area contributed by atoms with Gasteiger partial charge in [-0.15, -0.1) is 0 Å². The van der Waals surface area contributed by atoms with E-state index >= 15 is 0 Å². The van der Waals surface area contributed by atoms with Crippen LogP contribution >= 0.6 is 0 Å². The van der Waals surface area contributed by atoms with Gasteiger partial charge in [0.15, 0.2) is 11.6 Å². The SMILES string of the molecule is C[C@H](CCC(=O)NS(=O)(=O)OC[C@@]12OC[C@H]3OC(C)(C)O[C@H]3C1CC(C)(C)O2)[C@H]1CCC2C3C(CC[C@@]21C)[C@@]1(C)CC[C@@H](O)C[C@H]1C[C@@H]3O. The van der Waals surface area contributed by atoms with Crippen molar-refractivity contribution in [3.8, 4) is 0 Å². The Labute approximate surface area is 293 Å². The predicted octanol–water partition coefficient (Wildman–Crippen LogP) is 4.83. The largest absolute Gasteiger partial charge is 0.393 e. The summed E-state index contributed by atoms with van der Waals surface area (Å²) in [5, 5.41) is 21.9. The van der Waals surface area contributed by atoms with Crippen LogP contribution in [0.25, 0.3) is 0 Å². The van der Waals surface area contributed by atoms with Gasteiger partial charge in [-0.1, -0.05) is 20.8 Å². The third kappa shape index (κ3) is 6.44. The van der Waals surface area contributed by atoms with Crippen LogP contribution < -0.4 is 4.72 Å². The van der Waals surface area contributed by atoms with Gasteiger partial charge in [-0.25, -0.2) is 8.91 Å². The summed E-state index contributed by atoms with van der Waals surface area (Å²) < 4.78 is 58.3. The summed E-state index contributed by atoms with van der Waals surface area (Å²) in [6.07, 6.45) is 7.91. The Kier molecular flexibility index (Phi) is 9.20. The molecule has 0 spiro atoms. The summed E-state index contributed by atoms with van der Waals surface area (Å²) in [5.74, 6) is -0.788. The number of ether oxygens (including phenoxy) is 4. The standard InChI is InChI=1S/C37H61NO10S/c1-21(24-9-10-25-31-26(13-15-36(24,25)7)35(6)14-12-23(39)16-22(35)17-28(31)40)8-11-30(41)38-49(42,43)45-20-37-27(18-33(2,3)48-37)32-29(19-44-37)46-34(4,5)47-32/h21-29,31-32,39-40H,8-20H2,1-7H3,(H,38,41)/t21-,22+,23-,24-,25?,26?,27?,28+,29-,31?,32+,35+,36-,37+/m1/s1. The quantitative estimate of drug-likeness (QED) is 0.320. The molecule has 3 N–H and O–H groups in total. The summed E-state index contributed by atoms with van der Waals surface area (Å²) in [7, 11) is -4.42. The molecular formula is C37H61NO10S. The molecule has 3 saturated heterocycles. The maximum atomic E-state index is 13.1. The second kappa shape index (κ2) is 12.4. The highest BCUT2D eigenvalue weighted by Crippen LogP contribution is 2.68. The minimum Gasteiger partial charge on any atom is -0.393 e. The van der Waals surface area contributed by atoms with Crippen molar-refractivity contribution >= 4 is 16.2 Å². The van der Waals surface area contributed by atoms with Gasteiger partial charge < -0.3 is 29.2 Å². The van der Waals surface area contributed by atoms with E-state index in [-0.39, 0.29) is 66.0 Å². The zero-order valence-electron chi connectivity index (χ0n) is 30.6. The van der Waals surface area contributed by atoms with Gasteiger partial charge in [0.1, 0.15) is 12.7 Å². The van der Waals surface area contributed by atoms with Crippen molar-refractivity contribution in [1.29, 1.82) is 0 Å². The lowest BCUT2D eigenvalue weighted by Gasteiger charge is -2.62. The normalized spacial score (nSPS) is 48.8. The number of hydrogen-bond donors (Lipinski definition) is 3. The first-order chi connectivity index (χ1) is 22.8. The number of nitrogens with one attached hydrogen (secondary N) is 1. The topological polar surface area (TPSA) is 150 Å². The Morgan fingerprint density at radius 3 is 2.41 bits per heavy atom. The second-order valence-electron chi connectivity index (χ2n) is 18.6. The van der Waals surface area contributed by atoms with Crippen LogP contribution in [0.1, 0.15) is 119 Å². The molecule has 1 amide bonds. The lowest BCUT2D eigenvalue weighted by Crippen LogP contribution is -2.58. The molecular weight excluding hydrogens is 650 g/mol. The van der Waals surface area contributed by atoms with Crippen LogP contribution in [-0.4, -0.2) is 79.3 Å². The van der Waals surface area contributed by atoms with E-state index in [1.807, 2.05) is 27.7 Å². The van der Waals surface area contributed by atoms with E-state index in [0.717, 1.165) is 51.4 Å². The van der Waals surface area contributed by atoms with Crippen LogP contribution in [0.4, 0.5) is 0 Å². The fourth-order valence-electron chi connectivity index (χ4n) is 12.6. The number of carbonyl (C=O) groups is 1. The fraction of sp³-hybridized carbons (Fsp3) is 0.973. The van der Waals surface area contributed by atoms with E-state index in [2.05, 4.69) is 25.5 Å². The van der Waals surface area contributed by atoms with Gasteiger partial charge >= 0.3 is 10.3 Å². The molecule has 0 bridgehead atoms. The van der Waals surface area contributed by atoms with Crippen LogP contribution in [0.2, 0.25) is 0 Å². The lowest BCUT2D eigenvalue weighted by molar-refractivity contribution is -0.305. The van der Waals surface area contributed by atoms with E-state index in [0.29, 0.717) is 36.5 Å². The highest BCUT2D eigenvalue weighted by atomic mass is 32.2. The number of aliphatic hydroxyl groups is 2. The minimum absolute atomic E-state index is 0.0789. The van der Waals surface area contributed by atoms with Crippen molar-refractivity contribution in [2.75, 3.05) is 13.2 Å². The van der Waals surface area contributed by atoms with E-state index in [4.69, 9.17) is 23.1 Å². The molecule has 280 valence electrons. The average Bonchev–Trinajstić information content (AvgIpc) is 3.62. The summed E-state index contributed by atoms with van der Waals surface area (Å²) in [4.78, 5) is 13.0. The molecule has 3 aliphatic heterocycles. The maximum absolute atomic E-state index is 13.1. The summed E-state index contributed by atoms with van der Waals surface area (Å²) >= 11 is 0. The lowest BCUT2D eigenvalue weighted by atomic mass is 9.43. The number of rotatable bonds is 8. The Bertz CT molecular complexity index is 1390. The number of fused-ring (bicyclic) bond motifs is 8. The van der Waals surface area contributed by atoms with E-state index < -0.39 is 40.0 Å². The number of amides is 1. The third-order valence-corrected chi connectivity index (χ3v) is 15.6. The first kappa shape index (κ1) is 36.5. The van der Waals surface area contributed by atoms with Gasteiger partial charge in [0.2, 0.25) is 5.91 Å². The smallest absolute Gasteiger partial charge is 0.362 e. The van der Waals surface area contributed by atoms with Crippen molar-refractivity contribution in [2.24, 2.45) is 52.3 Å². The van der Waals surface area contributed by atoms with Crippen molar-refractivity contribution in [3.63, 3.8) is 0 Å². The first-order valence-corrected chi connectivity index (χ1v) is 20.4. The molecule has 4 saturated carbocycles. The van der Waals surface area contributed by atoms with Crippen LogP contribution in [0.5, 0.6) is 0 Å². The summed E-state index contributed by atoms with van der Waals surface area (Å²) in [6, 6.07) is 0. The monoisotopic (exact) mass is 711 g/mol. The van der Waals surface area contributed by atoms with Gasteiger partial charge in [0, 0.05) is 12.3 Å². The molecule has 7 fully saturated rings. The molecule has 0 aromatic carbocycles. The van der Waals surface area contributed by atoms with Crippen molar-refractivity contribution < 1.29 is 46.6 Å². The van der Waals surface area contributed by atoms with Crippen LogP contribution in [0, 0.1) is 52.3 Å². The van der Waals surface area contributed by atoms with Gasteiger partial charge in [-0.3, -0.25) is 4.79 Å². The Morgan fingerprint density at radius 2 is 1.65 bits per heavy atom. The molecule has 4 aliphatic carbocycles. The highest BCUT2D eigenvalue weighted by Gasteiger charge is 2.65. The Hall–Kier alpha value is -0.860. The number of aliphatic hydroxyl groups excluding tert-OH is 2. The first-order valence-electron chi connectivity index (χ1n) is 19.0.